The third kappa shape index (κ3) is 2.98. The van der Waals surface area contributed by atoms with Crippen LogP contribution in [0.25, 0.3) is 0 Å². The minimum absolute atomic E-state index is 0.0527. The molecule has 0 aliphatic rings. The van der Waals surface area contributed by atoms with E-state index in [0.29, 0.717) is 20.7 Å². The van der Waals surface area contributed by atoms with Crippen LogP contribution in [-0.4, -0.2) is 15.5 Å². The summed E-state index contributed by atoms with van der Waals surface area (Å²) in [6.07, 6.45) is 0. The lowest BCUT2D eigenvalue weighted by Crippen LogP contribution is -2.16. The molecule has 0 bridgehead atoms. The Balaban J connectivity index is 2.28. The summed E-state index contributed by atoms with van der Waals surface area (Å²) in [5, 5.41) is 2.57. The van der Waals surface area contributed by atoms with Crippen LogP contribution >= 0.6 is 43.5 Å². The zero-order valence-electron chi connectivity index (χ0n) is 9.55. The van der Waals surface area contributed by atoms with Crippen molar-refractivity contribution in [3.05, 3.63) is 44.1 Å². The molecule has 1 aromatic heterocycles. The number of nitrogens with zero attached hydrogens (tertiary/aromatic N) is 2. The lowest BCUT2D eigenvalue weighted by atomic mass is 10.3. The number of imidazole rings is 1. The summed E-state index contributed by atoms with van der Waals surface area (Å²) < 4.78 is 15.5. The van der Waals surface area contributed by atoms with Gasteiger partial charge in [0.25, 0.3) is 5.91 Å². The molecule has 0 radical (unpaired) electrons. The highest BCUT2D eigenvalue weighted by Gasteiger charge is 2.18. The molecular formula is C11H7Br2ClFN3O. The van der Waals surface area contributed by atoms with Crippen LogP contribution in [0.15, 0.2) is 27.5 Å². The van der Waals surface area contributed by atoms with Crippen LogP contribution in [-0.2, 0) is 7.05 Å². The van der Waals surface area contributed by atoms with Crippen LogP contribution in [0, 0.1) is 5.82 Å². The van der Waals surface area contributed by atoms with Gasteiger partial charge in [0.2, 0.25) is 0 Å². The van der Waals surface area contributed by atoms with Crippen molar-refractivity contribution >= 4 is 55.1 Å². The second kappa shape index (κ2) is 5.60. The summed E-state index contributed by atoms with van der Waals surface area (Å²) in [5.41, 5.74) is 0.743. The lowest BCUT2D eigenvalue weighted by Gasteiger charge is -2.07. The smallest absolute Gasteiger partial charge is 0.275 e. The zero-order chi connectivity index (χ0) is 14.2. The Morgan fingerprint density at radius 3 is 2.68 bits per heavy atom. The summed E-state index contributed by atoms with van der Waals surface area (Å²) in [4.78, 5) is 16.2. The van der Waals surface area contributed by atoms with Gasteiger partial charge in [-0.2, -0.15) is 0 Å². The molecule has 1 N–H and O–H groups in total. The quantitative estimate of drug-likeness (QED) is 0.812. The number of carbonyl (C=O) groups is 1. The Kier molecular flexibility index (Phi) is 4.27. The van der Waals surface area contributed by atoms with Crippen molar-refractivity contribution in [3.8, 4) is 0 Å². The Morgan fingerprint density at radius 1 is 1.47 bits per heavy atom. The molecule has 8 heteroatoms. The van der Waals surface area contributed by atoms with Crippen LogP contribution in [0.5, 0.6) is 0 Å². The lowest BCUT2D eigenvalue weighted by molar-refractivity contribution is 0.101. The number of benzene rings is 1. The van der Waals surface area contributed by atoms with E-state index >= 15 is 0 Å². The fraction of sp³-hybridized carbons (Fsp3) is 0.0909. The maximum Gasteiger partial charge on any atom is 0.275 e. The third-order valence-corrected chi connectivity index (χ3v) is 3.94. The molecule has 1 heterocycles. The number of carbonyl (C=O) groups excluding carboxylic acids is 1. The van der Waals surface area contributed by atoms with Gasteiger partial charge in [0, 0.05) is 12.7 Å². The van der Waals surface area contributed by atoms with Gasteiger partial charge < -0.3 is 9.88 Å². The molecule has 2 aromatic rings. The minimum Gasteiger partial charge on any atom is -0.321 e. The van der Waals surface area contributed by atoms with Gasteiger partial charge in [-0.05, 0) is 50.1 Å². The predicted molar refractivity (Wildman–Crippen MR) is 78.0 cm³/mol. The van der Waals surface area contributed by atoms with Crippen molar-refractivity contribution in [2.45, 2.75) is 0 Å². The van der Waals surface area contributed by atoms with Crippen molar-refractivity contribution < 1.29 is 9.18 Å². The van der Waals surface area contributed by atoms with Crippen LogP contribution in [0.4, 0.5) is 10.1 Å². The van der Waals surface area contributed by atoms with E-state index in [4.69, 9.17) is 11.6 Å². The van der Waals surface area contributed by atoms with E-state index in [1.54, 1.807) is 11.6 Å². The summed E-state index contributed by atoms with van der Waals surface area (Å²) >= 11 is 12.1. The second-order valence-corrected chi connectivity index (χ2v) is 5.53. The normalized spacial score (nSPS) is 10.6. The Hall–Kier alpha value is -0.920. The fourth-order valence-corrected chi connectivity index (χ4v) is 2.84. The zero-order valence-corrected chi connectivity index (χ0v) is 13.5. The van der Waals surface area contributed by atoms with Gasteiger partial charge in [0.1, 0.15) is 16.1 Å². The minimum atomic E-state index is -0.538. The molecule has 1 amide bonds. The molecule has 0 fully saturated rings. The van der Waals surface area contributed by atoms with Gasteiger partial charge in [-0.1, -0.05) is 11.6 Å². The van der Waals surface area contributed by atoms with Gasteiger partial charge in [-0.25, -0.2) is 9.37 Å². The fourth-order valence-electron chi connectivity index (χ4n) is 1.45. The molecule has 0 aliphatic heterocycles. The molecule has 0 spiro atoms. The number of anilines is 1. The van der Waals surface area contributed by atoms with E-state index in [-0.39, 0.29) is 10.9 Å². The predicted octanol–water partition coefficient (Wildman–Crippen LogP) is 3.99. The third-order valence-electron chi connectivity index (χ3n) is 2.39. The molecule has 2 rings (SSSR count). The number of halogens is 4. The highest BCUT2D eigenvalue weighted by molar-refractivity contribution is 9.11. The highest BCUT2D eigenvalue weighted by Crippen LogP contribution is 2.23. The van der Waals surface area contributed by atoms with E-state index in [0.717, 1.165) is 0 Å². The van der Waals surface area contributed by atoms with Gasteiger partial charge in [0.05, 0.1) is 5.02 Å². The molecule has 0 saturated heterocycles. The number of aromatic nitrogens is 2. The van der Waals surface area contributed by atoms with Gasteiger partial charge in [-0.3, -0.25) is 4.79 Å². The molecule has 4 nitrogen and oxygen atoms in total. The Morgan fingerprint density at radius 2 is 2.16 bits per heavy atom. The largest absolute Gasteiger partial charge is 0.321 e. The first kappa shape index (κ1) is 14.5. The number of hydrogen-bond acceptors (Lipinski definition) is 2. The summed E-state index contributed by atoms with van der Waals surface area (Å²) in [6, 6.07) is 3.96. The first-order valence-corrected chi connectivity index (χ1v) is 7.00. The van der Waals surface area contributed by atoms with E-state index < -0.39 is 5.82 Å². The molecule has 0 unspecified atom stereocenters. The number of amides is 1. The molecule has 1 aromatic carbocycles. The van der Waals surface area contributed by atoms with Gasteiger partial charge in [0.15, 0.2) is 4.73 Å². The van der Waals surface area contributed by atoms with E-state index in [2.05, 4.69) is 42.2 Å². The Bertz CT molecular complexity index is 660. The molecule has 100 valence electrons. The van der Waals surface area contributed by atoms with E-state index in [1.165, 1.54) is 18.2 Å². The Labute approximate surface area is 130 Å². The van der Waals surface area contributed by atoms with Crippen molar-refractivity contribution in [1.29, 1.82) is 0 Å². The highest BCUT2D eigenvalue weighted by atomic mass is 79.9. The average Bonchev–Trinajstić information content (AvgIpc) is 2.58. The van der Waals surface area contributed by atoms with Crippen molar-refractivity contribution in [3.63, 3.8) is 0 Å². The summed E-state index contributed by atoms with van der Waals surface area (Å²) in [6.45, 7) is 0. The topological polar surface area (TPSA) is 46.9 Å². The molecule has 0 aliphatic carbocycles. The molecular weight excluding hydrogens is 404 g/mol. The summed E-state index contributed by atoms with van der Waals surface area (Å²) in [5.74, 6) is -0.917. The van der Waals surface area contributed by atoms with Crippen LogP contribution < -0.4 is 5.32 Å². The molecule has 0 atom stereocenters. The maximum absolute atomic E-state index is 13.0. The van der Waals surface area contributed by atoms with Crippen LogP contribution in [0.1, 0.15) is 10.5 Å². The average molecular weight is 411 g/mol. The van der Waals surface area contributed by atoms with Crippen molar-refractivity contribution in [2.24, 2.45) is 7.05 Å². The number of rotatable bonds is 2. The van der Waals surface area contributed by atoms with Crippen molar-refractivity contribution in [2.75, 3.05) is 5.32 Å². The van der Waals surface area contributed by atoms with Gasteiger partial charge in [-0.15, -0.1) is 0 Å². The first-order valence-electron chi connectivity index (χ1n) is 5.04. The first-order chi connectivity index (χ1) is 8.90. The molecule has 19 heavy (non-hydrogen) atoms. The monoisotopic (exact) mass is 409 g/mol. The number of hydrogen-bond donors (Lipinski definition) is 1. The summed E-state index contributed by atoms with van der Waals surface area (Å²) in [7, 11) is 1.69. The van der Waals surface area contributed by atoms with E-state index in [1.807, 2.05) is 0 Å². The standard InChI is InChI=1S/C11H7Br2ClFN3O/c1-18-8(9(12)17-11(18)13)10(19)16-5-2-3-7(15)6(14)4-5/h2-4H,1H3,(H,16,19). The molecule has 0 saturated carbocycles. The number of nitrogens with one attached hydrogen (secondary N) is 1. The second-order valence-electron chi connectivity index (χ2n) is 3.66. The SMILES string of the molecule is Cn1c(Br)nc(Br)c1C(=O)Nc1ccc(F)c(Cl)c1. The van der Waals surface area contributed by atoms with Crippen LogP contribution in [0.2, 0.25) is 5.02 Å². The maximum atomic E-state index is 13.0. The van der Waals surface area contributed by atoms with Crippen molar-refractivity contribution in [1.82, 2.24) is 9.55 Å². The van der Waals surface area contributed by atoms with E-state index in [9.17, 15) is 9.18 Å². The van der Waals surface area contributed by atoms with Crippen LogP contribution in [0.3, 0.4) is 0 Å². The van der Waals surface area contributed by atoms with Gasteiger partial charge >= 0.3 is 0 Å².